The van der Waals surface area contributed by atoms with E-state index in [-0.39, 0.29) is 0 Å². The van der Waals surface area contributed by atoms with Crippen LogP contribution in [0.4, 0.5) is 0 Å². The molecule has 4 heteroatoms. The smallest absolute Gasteiger partial charge is 0.196 e. The third-order valence-corrected chi connectivity index (χ3v) is 3.31. The minimum atomic E-state index is 0.837. The fourth-order valence-corrected chi connectivity index (χ4v) is 2.37. The second kappa shape index (κ2) is 5.19. The van der Waals surface area contributed by atoms with Crippen LogP contribution in [0.25, 0.3) is 5.69 Å². The Kier molecular flexibility index (Phi) is 3.64. The third-order valence-electron chi connectivity index (χ3n) is 2.39. The molecule has 0 atom stereocenters. The fraction of sp³-hybridized carbons (Fsp3) is 0.231. The van der Waals surface area contributed by atoms with Crippen molar-refractivity contribution in [1.82, 2.24) is 14.8 Å². The Morgan fingerprint density at radius 1 is 1.35 bits per heavy atom. The molecule has 3 nitrogen and oxygen atoms in total. The van der Waals surface area contributed by atoms with E-state index in [2.05, 4.69) is 46.5 Å². The number of rotatable bonds is 4. The van der Waals surface area contributed by atoms with Crippen molar-refractivity contribution in [3.05, 3.63) is 48.3 Å². The maximum Gasteiger partial charge on any atom is 0.196 e. The molecule has 17 heavy (non-hydrogen) atoms. The summed E-state index contributed by atoms with van der Waals surface area (Å²) in [6.07, 6.45) is 1.87. The Labute approximate surface area is 106 Å². The zero-order valence-corrected chi connectivity index (χ0v) is 10.9. The highest BCUT2D eigenvalue weighted by Crippen LogP contribution is 2.22. The van der Waals surface area contributed by atoms with Crippen LogP contribution < -0.4 is 0 Å². The molecule has 0 aliphatic carbocycles. The lowest BCUT2D eigenvalue weighted by Gasteiger charge is -2.08. The number of aryl methyl sites for hydroxylation is 2. The number of hydrogen-bond acceptors (Lipinski definition) is 3. The Hall–Kier alpha value is -1.55. The van der Waals surface area contributed by atoms with Crippen LogP contribution in [-0.4, -0.2) is 20.5 Å². The van der Waals surface area contributed by atoms with Crippen molar-refractivity contribution in [3.63, 3.8) is 0 Å². The first-order valence-electron chi connectivity index (χ1n) is 5.45. The molecular formula is C13H15N3S. The topological polar surface area (TPSA) is 30.7 Å². The summed E-state index contributed by atoms with van der Waals surface area (Å²) >= 11 is 1.64. The molecule has 1 heterocycles. The summed E-state index contributed by atoms with van der Waals surface area (Å²) in [5, 5.41) is 9.23. The van der Waals surface area contributed by atoms with E-state index >= 15 is 0 Å². The molecule has 2 aromatic rings. The molecule has 0 amide bonds. The van der Waals surface area contributed by atoms with Gasteiger partial charge in [0.2, 0.25) is 0 Å². The van der Waals surface area contributed by atoms with Gasteiger partial charge < -0.3 is 0 Å². The van der Waals surface area contributed by atoms with Crippen molar-refractivity contribution >= 4 is 11.8 Å². The van der Waals surface area contributed by atoms with Gasteiger partial charge in [0.15, 0.2) is 5.16 Å². The molecule has 0 unspecified atom stereocenters. The molecule has 0 saturated heterocycles. The minimum Gasteiger partial charge on any atom is -0.274 e. The van der Waals surface area contributed by atoms with Gasteiger partial charge in [-0.1, -0.05) is 30.0 Å². The molecule has 0 N–H and O–H groups in total. The molecule has 1 aromatic heterocycles. The van der Waals surface area contributed by atoms with Crippen LogP contribution in [-0.2, 0) is 0 Å². The summed E-state index contributed by atoms with van der Waals surface area (Å²) < 4.78 is 2.07. The average molecular weight is 245 g/mol. The Balaban J connectivity index is 2.43. The van der Waals surface area contributed by atoms with E-state index < -0.39 is 0 Å². The average Bonchev–Trinajstić information content (AvgIpc) is 2.68. The Morgan fingerprint density at radius 2 is 2.18 bits per heavy atom. The lowest BCUT2D eigenvalue weighted by Crippen LogP contribution is -1.99. The van der Waals surface area contributed by atoms with E-state index in [1.165, 1.54) is 5.56 Å². The van der Waals surface area contributed by atoms with Crippen LogP contribution >= 0.6 is 11.8 Å². The van der Waals surface area contributed by atoms with Crippen LogP contribution in [0.3, 0.4) is 0 Å². The predicted molar refractivity (Wildman–Crippen MR) is 71.8 cm³/mol. The van der Waals surface area contributed by atoms with Crippen molar-refractivity contribution in [2.45, 2.75) is 19.0 Å². The van der Waals surface area contributed by atoms with E-state index in [0.717, 1.165) is 22.4 Å². The molecule has 0 bridgehead atoms. The highest BCUT2D eigenvalue weighted by atomic mass is 32.2. The second-order valence-electron chi connectivity index (χ2n) is 3.80. The van der Waals surface area contributed by atoms with Crippen molar-refractivity contribution in [1.29, 1.82) is 0 Å². The highest BCUT2D eigenvalue weighted by Gasteiger charge is 2.10. The van der Waals surface area contributed by atoms with Crippen molar-refractivity contribution in [3.8, 4) is 5.69 Å². The standard InChI is InChI=1S/C13H15N3S/c1-4-8-17-13-15-14-11(3)16(13)12-7-5-6-10(2)9-12/h4-7,9H,1,8H2,2-3H3. The number of nitrogens with zero attached hydrogens (tertiary/aromatic N) is 3. The van der Waals surface area contributed by atoms with E-state index in [0.29, 0.717) is 0 Å². The molecule has 0 fully saturated rings. The number of thioether (sulfide) groups is 1. The second-order valence-corrected chi connectivity index (χ2v) is 4.79. The quantitative estimate of drug-likeness (QED) is 0.612. The van der Waals surface area contributed by atoms with E-state index in [9.17, 15) is 0 Å². The number of aromatic nitrogens is 3. The highest BCUT2D eigenvalue weighted by molar-refractivity contribution is 7.99. The monoisotopic (exact) mass is 245 g/mol. The molecule has 2 rings (SSSR count). The number of hydrogen-bond donors (Lipinski definition) is 0. The van der Waals surface area contributed by atoms with Crippen LogP contribution in [0, 0.1) is 13.8 Å². The van der Waals surface area contributed by atoms with E-state index in [4.69, 9.17) is 0 Å². The van der Waals surface area contributed by atoms with Gasteiger partial charge in [-0.3, -0.25) is 4.57 Å². The summed E-state index contributed by atoms with van der Waals surface area (Å²) in [7, 11) is 0. The summed E-state index contributed by atoms with van der Waals surface area (Å²) in [5.74, 6) is 1.74. The van der Waals surface area contributed by atoms with Gasteiger partial charge in [-0.2, -0.15) is 0 Å². The SMILES string of the molecule is C=CCSc1nnc(C)n1-c1cccc(C)c1. The largest absolute Gasteiger partial charge is 0.274 e. The molecule has 0 spiro atoms. The maximum atomic E-state index is 4.19. The van der Waals surface area contributed by atoms with Gasteiger partial charge in [-0.15, -0.1) is 16.8 Å². The van der Waals surface area contributed by atoms with Crippen molar-refractivity contribution < 1.29 is 0 Å². The molecule has 0 aliphatic heterocycles. The Bertz CT molecular complexity index is 531. The lowest BCUT2D eigenvalue weighted by atomic mass is 10.2. The zero-order valence-electron chi connectivity index (χ0n) is 10.1. The predicted octanol–water partition coefficient (Wildman–Crippen LogP) is 3.16. The maximum absolute atomic E-state index is 4.19. The van der Waals surface area contributed by atoms with Gasteiger partial charge in [-0.05, 0) is 31.5 Å². The summed E-state index contributed by atoms with van der Waals surface area (Å²) in [4.78, 5) is 0. The van der Waals surface area contributed by atoms with E-state index in [1.807, 2.05) is 19.1 Å². The molecule has 0 aliphatic rings. The molecular weight excluding hydrogens is 230 g/mol. The van der Waals surface area contributed by atoms with Crippen LogP contribution in [0.1, 0.15) is 11.4 Å². The fourth-order valence-electron chi connectivity index (χ4n) is 1.63. The van der Waals surface area contributed by atoms with Crippen molar-refractivity contribution in [2.24, 2.45) is 0 Å². The van der Waals surface area contributed by atoms with Gasteiger partial charge in [0, 0.05) is 11.4 Å². The molecule has 0 saturated carbocycles. The zero-order chi connectivity index (χ0) is 12.3. The summed E-state index contributed by atoms with van der Waals surface area (Å²) in [6, 6.07) is 8.33. The van der Waals surface area contributed by atoms with Crippen LogP contribution in [0.5, 0.6) is 0 Å². The molecule has 88 valence electrons. The third kappa shape index (κ3) is 2.58. The lowest BCUT2D eigenvalue weighted by molar-refractivity contribution is 0.868. The van der Waals surface area contributed by atoms with Gasteiger partial charge in [0.1, 0.15) is 5.82 Å². The first-order valence-corrected chi connectivity index (χ1v) is 6.43. The molecule has 0 radical (unpaired) electrons. The normalized spacial score (nSPS) is 10.5. The van der Waals surface area contributed by atoms with Gasteiger partial charge in [-0.25, -0.2) is 0 Å². The first kappa shape index (κ1) is 11.9. The van der Waals surface area contributed by atoms with Gasteiger partial charge in [0.25, 0.3) is 0 Å². The minimum absolute atomic E-state index is 0.837. The summed E-state index contributed by atoms with van der Waals surface area (Å²) in [6.45, 7) is 7.77. The number of benzene rings is 1. The van der Waals surface area contributed by atoms with Gasteiger partial charge >= 0.3 is 0 Å². The first-order chi connectivity index (χ1) is 8.22. The van der Waals surface area contributed by atoms with E-state index in [1.54, 1.807) is 11.8 Å². The van der Waals surface area contributed by atoms with Crippen LogP contribution in [0.15, 0.2) is 42.1 Å². The Morgan fingerprint density at radius 3 is 2.88 bits per heavy atom. The van der Waals surface area contributed by atoms with Crippen LogP contribution in [0.2, 0.25) is 0 Å². The molecule has 1 aromatic carbocycles. The van der Waals surface area contributed by atoms with Crippen molar-refractivity contribution in [2.75, 3.05) is 5.75 Å². The van der Waals surface area contributed by atoms with Gasteiger partial charge in [0.05, 0.1) is 0 Å². The summed E-state index contributed by atoms with van der Waals surface area (Å²) in [5.41, 5.74) is 2.34.